The molecule has 1 aliphatic carbocycles. The van der Waals surface area contributed by atoms with Crippen LogP contribution in [0.2, 0.25) is 0 Å². The Morgan fingerprint density at radius 1 is 0.875 bits per heavy atom. The summed E-state index contributed by atoms with van der Waals surface area (Å²) in [5.74, 6) is 0. The van der Waals surface area contributed by atoms with Crippen molar-refractivity contribution in [1.82, 2.24) is 10.3 Å². The number of hydrogen-bond acceptors (Lipinski definition) is 3. The Hall–Kier alpha value is -1.97. The second-order valence-electron chi connectivity index (χ2n) is 6.42. The molecule has 2 nitrogen and oxygen atoms in total. The number of aromatic nitrogens is 1. The van der Waals surface area contributed by atoms with Gasteiger partial charge in [0.25, 0.3) is 0 Å². The van der Waals surface area contributed by atoms with E-state index in [-0.39, 0.29) is 0 Å². The van der Waals surface area contributed by atoms with Gasteiger partial charge in [-0.05, 0) is 29.5 Å². The van der Waals surface area contributed by atoms with Crippen molar-refractivity contribution in [2.45, 2.75) is 38.3 Å². The van der Waals surface area contributed by atoms with Crippen molar-refractivity contribution in [3.05, 3.63) is 65.8 Å². The lowest BCUT2D eigenvalue weighted by atomic mass is 10.0. The first-order valence-electron chi connectivity index (χ1n) is 8.72. The largest absolute Gasteiger partial charge is 0.308 e. The number of nitrogens with one attached hydrogen (secondary N) is 1. The third kappa shape index (κ3) is 3.58. The molecular weight excluding hydrogens is 312 g/mol. The highest BCUT2D eigenvalue weighted by Gasteiger charge is 2.14. The number of benzene rings is 2. The van der Waals surface area contributed by atoms with Crippen LogP contribution in [0.1, 0.15) is 30.7 Å². The first-order chi connectivity index (χ1) is 11.9. The third-order valence-corrected chi connectivity index (χ3v) is 5.77. The van der Waals surface area contributed by atoms with Crippen LogP contribution in [0.15, 0.2) is 60.8 Å². The van der Waals surface area contributed by atoms with Crippen LogP contribution in [-0.2, 0) is 6.54 Å². The van der Waals surface area contributed by atoms with Crippen molar-refractivity contribution >= 4 is 11.3 Å². The van der Waals surface area contributed by atoms with Crippen LogP contribution in [0.5, 0.6) is 0 Å². The molecule has 0 unspecified atom stereocenters. The van der Waals surface area contributed by atoms with Gasteiger partial charge in [0, 0.05) is 18.8 Å². The third-order valence-electron chi connectivity index (χ3n) is 4.73. The van der Waals surface area contributed by atoms with Crippen molar-refractivity contribution in [1.29, 1.82) is 0 Å². The molecule has 1 aliphatic rings. The van der Waals surface area contributed by atoms with Gasteiger partial charge >= 0.3 is 0 Å². The molecule has 0 bridgehead atoms. The number of rotatable bonds is 5. The van der Waals surface area contributed by atoms with Crippen molar-refractivity contribution in [2.24, 2.45) is 0 Å². The van der Waals surface area contributed by atoms with Crippen LogP contribution in [0.25, 0.3) is 21.6 Å². The van der Waals surface area contributed by atoms with E-state index in [1.165, 1.54) is 52.3 Å². The van der Waals surface area contributed by atoms with Gasteiger partial charge in [0.15, 0.2) is 0 Å². The molecule has 1 heterocycles. The van der Waals surface area contributed by atoms with E-state index in [0.717, 1.165) is 6.54 Å². The molecule has 0 saturated heterocycles. The molecule has 122 valence electrons. The lowest BCUT2D eigenvalue weighted by Gasteiger charge is -2.09. The second-order valence-corrected chi connectivity index (χ2v) is 7.54. The molecule has 0 atom stereocenters. The van der Waals surface area contributed by atoms with E-state index in [0.29, 0.717) is 6.04 Å². The molecule has 1 saturated carbocycles. The zero-order valence-corrected chi connectivity index (χ0v) is 14.6. The first-order valence-corrected chi connectivity index (χ1v) is 9.54. The van der Waals surface area contributed by atoms with E-state index in [1.807, 2.05) is 6.20 Å². The van der Waals surface area contributed by atoms with E-state index in [4.69, 9.17) is 0 Å². The standard InChI is InChI=1S/C21H22N2S/c1-2-6-16(7-3-1)17-10-12-18(13-11-17)20-14-23-21(24-20)15-22-19-8-4-5-9-19/h1-3,6-7,10-14,19,22H,4-5,8-9,15H2. The average molecular weight is 334 g/mol. The normalized spacial score (nSPS) is 15.0. The molecule has 0 amide bonds. The summed E-state index contributed by atoms with van der Waals surface area (Å²) in [7, 11) is 0. The SMILES string of the molecule is c1ccc(-c2ccc(-c3cnc(CNC4CCCC4)s3)cc2)cc1. The highest BCUT2D eigenvalue weighted by atomic mass is 32.1. The summed E-state index contributed by atoms with van der Waals surface area (Å²) in [4.78, 5) is 5.84. The fourth-order valence-corrected chi connectivity index (χ4v) is 4.22. The Morgan fingerprint density at radius 3 is 2.29 bits per heavy atom. The lowest BCUT2D eigenvalue weighted by Crippen LogP contribution is -2.25. The maximum absolute atomic E-state index is 4.59. The fourth-order valence-electron chi connectivity index (χ4n) is 3.34. The molecule has 0 spiro atoms. The van der Waals surface area contributed by atoms with Gasteiger partial charge in [-0.3, -0.25) is 0 Å². The number of hydrogen-bond donors (Lipinski definition) is 1. The monoisotopic (exact) mass is 334 g/mol. The molecule has 4 rings (SSSR count). The van der Waals surface area contributed by atoms with Crippen LogP contribution in [0.4, 0.5) is 0 Å². The van der Waals surface area contributed by atoms with Crippen LogP contribution in [0.3, 0.4) is 0 Å². The maximum Gasteiger partial charge on any atom is 0.107 e. The zero-order chi connectivity index (χ0) is 16.2. The first kappa shape index (κ1) is 15.6. The predicted molar refractivity (Wildman–Crippen MR) is 102 cm³/mol. The summed E-state index contributed by atoms with van der Waals surface area (Å²) in [5, 5.41) is 4.83. The topological polar surface area (TPSA) is 24.9 Å². The van der Waals surface area contributed by atoms with Gasteiger partial charge in [0.2, 0.25) is 0 Å². The molecule has 2 aromatic carbocycles. The van der Waals surface area contributed by atoms with Gasteiger partial charge in [-0.2, -0.15) is 0 Å². The van der Waals surface area contributed by atoms with Gasteiger partial charge in [-0.25, -0.2) is 4.98 Å². The van der Waals surface area contributed by atoms with Gasteiger partial charge in [0.05, 0.1) is 4.88 Å². The van der Waals surface area contributed by atoms with Gasteiger partial charge < -0.3 is 5.32 Å². The summed E-state index contributed by atoms with van der Waals surface area (Å²) in [6.07, 6.45) is 7.38. The molecule has 1 fully saturated rings. The van der Waals surface area contributed by atoms with Crippen molar-refractivity contribution < 1.29 is 0 Å². The van der Waals surface area contributed by atoms with Crippen LogP contribution < -0.4 is 5.32 Å². The van der Waals surface area contributed by atoms with E-state index >= 15 is 0 Å². The Morgan fingerprint density at radius 2 is 1.54 bits per heavy atom. The summed E-state index contributed by atoms with van der Waals surface area (Å²) < 4.78 is 0. The summed E-state index contributed by atoms with van der Waals surface area (Å²) in [6.45, 7) is 0.900. The summed E-state index contributed by atoms with van der Waals surface area (Å²) in [6, 6.07) is 20.0. The molecule has 0 radical (unpaired) electrons. The second kappa shape index (κ2) is 7.29. The molecular formula is C21H22N2S. The fraction of sp³-hybridized carbons (Fsp3) is 0.286. The lowest BCUT2D eigenvalue weighted by molar-refractivity contribution is 0.523. The maximum atomic E-state index is 4.59. The van der Waals surface area contributed by atoms with Crippen molar-refractivity contribution in [3.8, 4) is 21.6 Å². The Bertz CT molecular complexity index is 771. The van der Waals surface area contributed by atoms with Gasteiger partial charge in [0.1, 0.15) is 5.01 Å². The van der Waals surface area contributed by atoms with Gasteiger partial charge in [-0.15, -0.1) is 11.3 Å². The van der Waals surface area contributed by atoms with E-state index in [1.54, 1.807) is 11.3 Å². The quantitative estimate of drug-likeness (QED) is 0.665. The Balaban J connectivity index is 1.44. The number of thiazole rings is 1. The summed E-state index contributed by atoms with van der Waals surface area (Å²) >= 11 is 1.80. The molecule has 1 N–H and O–H groups in total. The molecule has 1 aromatic heterocycles. The minimum atomic E-state index is 0.697. The van der Waals surface area contributed by atoms with E-state index in [9.17, 15) is 0 Å². The summed E-state index contributed by atoms with van der Waals surface area (Å²) in [5.41, 5.74) is 3.76. The van der Waals surface area contributed by atoms with E-state index < -0.39 is 0 Å². The zero-order valence-electron chi connectivity index (χ0n) is 13.7. The Labute approximate surface area is 147 Å². The minimum absolute atomic E-state index is 0.697. The van der Waals surface area contributed by atoms with Crippen LogP contribution in [0, 0.1) is 0 Å². The average Bonchev–Trinajstić information content (AvgIpc) is 3.33. The molecule has 24 heavy (non-hydrogen) atoms. The predicted octanol–water partition coefficient (Wildman–Crippen LogP) is 5.51. The molecule has 3 aromatic rings. The number of nitrogens with zero attached hydrogens (tertiary/aromatic N) is 1. The molecule has 3 heteroatoms. The smallest absolute Gasteiger partial charge is 0.107 e. The Kier molecular flexibility index (Phi) is 4.72. The highest BCUT2D eigenvalue weighted by Crippen LogP contribution is 2.29. The van der Waals surface area contributed by atoms with Crippen LogP contribution >= 0.6 is 11.3 Å². The van der Waals surface area contributed by atoms with Gasteiger partial charge in [-0.1, -0.05) is 67.4 Å². The van der Waals surface area contributed by atoms with E-state index in [2.05, 4.69) is 64.9 Å². The van der Waals surface area contributed by atoms with Crippen molar-refractivity contribution in [3.63, 3.8) is 0 Å². The molecule has 0 aliphatic heterocycles. The minimum Gasteiger partial charge on any atom is -0.308 e. The van der Waals surface area contributed by atoms with Crippen molar-refractivity contribution in [2.75, 3.05) is 0 Å². The highest BCUT2D eigenvalue weighted by molar-refractivity contribution is 7.15. The van der Waals surface area contributed by atoms with Crippen LogP contribution in [-0.4, -0.2) is 11.0 Å².